The Kier molecular flexibility index (Phi) is 7.61. The van der Waals surface area contributed by atoms with E-state index in [4.69, 9.17) is 9.26 Å². The summed E-state index contributed by atoms with van der Waals surface area (Å²) in [7, 11) is 0. The van der Waals surface area contributed by atoms with Gasteiger partial charge in [0.05, 0.1) is 13.2 Å². The van der Waals surface area contributed by atoms with Crippen LogP contribution in [0.3, 0.4) is 0 Å². The number of amides is 2. The second-order valence-corrected chi connectivity index (χ2v) is 7.19. The molecule has 1 aromatic carbocycles. The zero-order valence-corrected chi connectivity index (χ0v) is 16.0. The number of nitrogens with zero attached hydrogens (tertiary/aromatic N) is 2. The maximum atomic E-state index is 12.7. The fourth-order valence-electron chi connectivity index (χ4n) is 3.49. The molecule has 0 unspecified atom stereocenters. The van der Waals surface area contributed by atoms with Gasteiger partial charge in [-0.2, -0.15) is 0 Å². The fraction of sp³-hybridized carbons (Fsp3) is 0.476. The Morgan fingerprint density at radius 3 is 2.64 bits per heavy atom. The van der Waals surface area contributed by atoms with Crippen LogP contribution in [0, 0.1) is 5.92 Å². The van der Waals surface area contributed by atoms with E-state index in [0.29, 0.717) is 24.9 Å². The van der Waals surface area contributed by atoms with Gasteiger partial charge in [0.25, 0.3) is 0 Å². The summed E-state index contributed by atoms with van der Waals surface area (Å²) in [5, 5.41) is 6.32. The summed E-state index contributed by atoms with van der Waals surface area (Å²) < 4.78 is 10.3. The molecule has 0 radical (unpaired) electrons. The first-order valence-electron chi connectivity index (χ1n) is 9.80. The number of carbonyl (C=O) groups is 2. The lowest BCUT2D eigenvalue weighted by molar-refractivity contribution is -0.140. The Labute approximate surface area is 165 Å². The third-order valence-electron chi connectivity index (χ3n) is 4.93. The quantitative estimate of drug-likeness (QED) is 0.716. The maximum absolute atomic E-state index is 12.7. The van der Waals surface area contributed by atoms with Gasteiger partial charge in [-0.15, -0.1) is 0 Å². The number of carbonyl (C=O) groups excluding carboxylic acids is 2. The number of aromatic nitrogens is 1. The van der Waals surface area contributed by atoms with Crippen LogP contribution in [0.15, 0.2) is 47.2 Å². The van der Waals surface area contributed by atoms with Crippen molar-refractivity contribution in [3.8, 4) is 0 Å². The standard InChI is InChI=1S/C21H27N3O4/c25-20(22-19-11-12-28-23-19)14-24(13-17-7-3-1-4-8-17)21(26)16-27-15-18-9-5-2-6-10-18/h2,5-6,9-12,17H,1,3-4,7-8,13-16H2,(H,22,23,25). The van der Waals surface area contributed by atoms with Gasteiger partial charge in [-0.3, -0.25) is 9.59 Å². The molecular formula is C21H27N3O4. The normalized spacial score (nSPS) is 14.6. The Hall–Kier alpha value is -2.67. The van der Waals surface area contributed by atoms with Crippen molar-refractivity contribution in [2.75, 3.05) is 25.0 Å². The zero-order valence-electron chi connectivity index (χ0n) is 16.0. The van der Waals surface area contributed by atoms with Gasteiger partial charge in [-0.1, -0.05) is 54.8 Å². The summed E-state index contributed by atoms with van der Waals surface area (Å²) in [6, 6.07) is 11.3. The van der Waals surface area contributed by atoms with Gasteiger partial charge in [0.1, 0.15) is 12.9 Å². The van der Waals surface area contributed by atoms with E-state index in [0.717, 1.165) is 18.4 Å². The molecule has 1 aliphatic carbocycles. The zero-order chi connectivity index (χ0) is 19.6. The Morgan fingerprint density at radius 2 is 1.93 bits per heavy atom. The molecule has 0 atom stereocenters. The highest BCUT2D eigenvalue weighted by molar-refractivity contribution is 5.93. The SMILES string of the molecule is O=C(CN(CC1CCCCC1)C(=O)COCc1ccccc1)Nc1ccon1. The molecule has 1 fully saturated rings. The van der Waals surface area contributed by atoms with Crippen LogP contribution in [0.4, 0.5) is 5.82 Å². The number of anilines is 1. The van der Waals surface area contributed by atoms with E-state index in [1.807, 2.05) is 30.3 Å². The van der Waals surface area contributed by atoms with Crippen molar-refractivity contribution in [2.45, 2.75) is 38.7 Å². The number of ether oxygens (including phenoxy) is 1. The Bertz CT molecular complexity index is 727. The van der Waals surface area contributed by atoms with Crippen molar-refractivity contribution >= 4 is 17.6 Å². The summed E-state index contributed by atoms with van der Waals surface area (Å²) in [5.41, 5.74) is 1.01. The predicted molar refractivity (Wildman–Crippen MR) is 104 cm³/mol. The van der Waals surface area contributed by atoms with E-state index in [1.54, 1.807) is 11.0 Å². The maximum Gasteiger partial charge on any atom is 0.249 e. The summed E-state index contributed by atoms with van der Waals surface area (Å²) in [6.45, 7) is 0.893. The van der Waals surface area contributed by atoms with Crippen LogP contribution >= 0.6 is 0 Å². The lowest BCUT2D eigenvalue weighted by Crippen LogP contribution is -2.43. The largest absolute Gasteiger partial charge is 0.367 e. The molecule has 2 amide bonds. The van der Waals surface area contributed by atoms with E-state index >= 15 is 0 Å². The average Bonchev–Trinajstić information content (AvgIpc) is 3.22. The number of rotatable bonds is 9. The Balaban J connectivity index is 1.54. The van der Waals surface area contributed by atoms with E-state index < -0.39 is 0 Å². The molecule has 150 valence electrons. The summed E-state index contributed by atoms with van der Waals surface area (Å²) in [6.07, 6.45) is 7.19. The van der Waals surface area contributed by atoms with Gasteiger partial charge in [0.2, 0.25) is 11.8 Å². The number of hydrogen-bond acceptors (Lipinski definition) is 5. The average molecular weight is 385 g/mol. The van der Waals surface area contributed by atoms with Crippen LogP contribution in [0.1, 0.15) is 37.7 Å². The molecule has 1 aromatic heterocycles. The molecule has 1 heterocycles. The first kappa shape index (κ1) is 20.1. The molecular weight excluding hydrogens is 358 g/mol. The molecule has 1 N–H and O–H groups in total. The van der Waals surface area contributed by atoms with Crippen LogP contribution in [0.5, 0.6) is 0 Å². The van der Waals surface area contributed by atoms with Crippen LogP contribution in [0.2, 0.25) is 0 Å². The van der Waals surface area contributed by atoms with Gasteiger partial charge in [-0.25, -0.2) is 0 Å². The van der Waals surface area contributed by atoms with Gasteiger partial charge < -0.3 is 19.5 Å². The molecule has 1 aliphatic rings. The van der Waals surface area contributed by atoms with Crippen molar-refractivity contribution < 1.29 is 18.8 Å². The van der Waals surface area contributed by atoms with Crippen molar-refractivity contribution in [3.63, 3.8) is 0 Å². The van der Waals surface area contributed by atoms with Crippen molar-refractivity contribution in [3.05, 3.63) is 48.2 Å². The summed E-state index contributed by atoms with van der Waals surface area (Å²) in [4.78, 5) is 26.7. The second-order valence-electron chi connectivity index (χ2n) is 7.19. The number of hydrogen-bond donors (Lipinski definition) is 1. The minimum absolute atomic E-state index is 0.0170. The van der Waals surface area contributed by atoms with Crippen molar-refractivity contribution in [2.24, 2.45) is 5.92 Å². The summed E-state index contributed by atoms with van der Waals surface area (Å²) in [5.74, 6) is 0.319. The van der Waals surface area contributed by atoms with Crippen LogP contribution in [-0.4, -0.2) is 41.6 Å². The van der Waals surface area contributed by atoms with E-state index in [9.17, 15) is 9.59 Å². The van der Waals surface area contributed by atoms with Crippen LogP contribution in [-0.2, 0) is 20.9 Å². The van der Waals surface area contributed by atoms with E-state index in [-0.39, 0.29) is 25.0 Å². The molecule has 0 aliphatic heterocycles. The molecule has 0 saturated heterocycles. The van der Waals surface area contributed by atoms with Gasteiger partial charge in [0.15, 0.2) is 5.82 Å². The molecule has 1 saturated carbocycles. The molecule has 2 aromatic rings. The smallest absolute Gasteiger partial charge is 0.249 e. The second kappa shape index (κ2) is 10.6. The van der Waals surface area contributed by atoms with Crippen molar-refractivity contribution in [1.82, 2.24) is 10.1 Å². The molecule has 28 heavy (non-hydrogen) atoms. The molecule has 7 nitrogen and oxygen atoms in total. The monoisotopic (exact) mass is 385 g/mol. The minimum Gasteiger partial charge on any atom is -0.367 e. The highest BCUT2D eigenvalue weighted by Gasteiger charge is 2.23. The topological polar surface area (TPSA) is 84.7 Å². The van der Waals surface area contributed by atoms with E-state index in [2.05, 4.69) is 10.5 Å². The van der Waals surface area contributed by atoms with Gasteiger partial charge in [0, 0.05) is 12.6 Å². The molecule has 7 heteroatoms. The Morgan fingerprint density at radius 1 is 1.14 bits per heavy atom. The van der Waals surface area contributed by atoms with Crippen molar-refractivity contribution in [1.29, 1.82) is 0 Å². The third kappa shape index (κ3) is 6.49. The highest BCUT2D eigenvalue weighted by atomic mass is 16.5. The lowest BCUT2D eigenvalue weighted by Gasteiger charge is -2.29. The van der Waals surface area contributed by atoms with Gasteiger partial charge >= 0.3 is 0 Å². The minimum atomic E-state index is -0.291. The molecule has 0 spiro atoms. The predicted octanol–water partition coefficient (Wildman–Crippen LogP) is 3.24. The molecule has 3 rings (SSSR count). The van der Waals surface area contributed by atoms with Crippen LogP contribution < -0.4 is 5.32 Å². The third-order valence-corrected chi connectivity index (χ3v) is 4.93. The number of nitrogens with one attached hydrogen (secondary N) is 1. The fourth-order valence-corrected chi connectivity index (χ4v) is 3.49. The van der Waals surface area contributed by atoms with E-state index in [1.165, 1.54) is 25.5 Å². The lowest BCUT2D eigenvalue weighted by atomic mass is 9.89. The van der Waals surface area contributed by atoms with Gasteiger partial charge in [-0.05, 0) is 24.3 Å². The first-order valence-corrected chi connectivity index (χ1v) is 9.80. The first-order chi connectivity index (χ1) is 13.7. The highest BCUT2D eigenvalue weighted by Crippen LogP contribution is 2.24. The van der Waals surface area contributed by atoms with Crippen LogP contribution in [0.25, 0.3) is 0 Å². The number of benzene rings is 1. The summed E-state index contributed by atoms with van der Waals surface area (Å²) >= 11 is 0. The molecule has 0 bridgehead atoms.